The van der Waals surface area contributed by atoms with E-state index in [1.54, 1.807) is 0 Å². The molecule has 104 valence electrons. The molecule has 1 fully saturated rings. The lowest BCUT2D eigenvalue weighted by molar-refractivity contribution is -0.140. The Morgan fingerprint density at radius 1 is 1.42 bits per heavy atom. The first-order valence-electron chi connectivity index (χ1n) is 7.00. The number of benzene rings is 1. The van der Waals surface area contributed by atoms with Crippen LogP contribution in [0.4, 0.5) is 0 Å². The summed E-state index contributed by atoms with van der Waals surface area (Å²) in [6, 6.07) is 8.32. The van der Waals surface area contributed by atoms with Crippen molar-refractivity contribution in [3.8, 4) is 0 Å². The lowest BCUT2D eigenvalue weighted by Gasteiger charge is -2.32. The summed E-state index contributed by atoms with van der Waals surface area (Å²) in [5, 5.41) is 0. The van der Waals surface area contributed by atoms with Gasteiger partial charge in [0.15, 0.2) is 0 Å². The maximum atomic E-state index is 12.6. The molecule has 0 aliphatic heterocycles. The SMILES string of the molecule is Cc1ccc(CN(C)C(=O)C2(C)CCCC2N)cc1. The highest BCUT2D eigenvalue weighted by molar-refractivity contribution is 5.83. The fourth-order valence-electron chi connectivity index (χ4n) is 2.93. The predicted octanol–water partition coefficient (Wildman–Crippen LogP) is 2.47. The van der Waals surface area contributed by atoms with Gasteiger partial charge in [-0.1, -0.05) is 36.2 Å². The number of hydrogen-bond donors (Lipinski definition) is 1. The number of aryl methyl sites for hydroxylation is 1. The Labute approximate surface area is 115 Å². The minimum atomic E-state index is -0.376. The van der Waals surface area contributed by atoms with E-state index < -0.39 is 0 Å². The summed E-state index contributed by atoms with van der Waals surface area (Å²) >= 11 is 0. The maximum Gasteiger partial charge on any atom is 0.230 e. The lowest BCUT2D eigenvalue weighted by Crippen LogP contribution is -2.47. The van der Waals surface area contributed by atoms with Crippen LogP contribution in [0, 0.1) is 12.3 Å². The van der Waals surface area contributed by atoms with Gasteiger partial charge in [-0.05, 0) is 32.3 Å². The van der Waals surface area contributed by atoms with E-state index in [1.807, 2.05) is 18.9 Å². The second-order valence-electron chi connectivity index (χ2n) is 6.06. The summed E-state index contributed by atoms with van der Waals surface area (Å²) in [4.78, 5) is 14.4. The third-order valence-corrected chi connectivity index (χ3v) is 4.41. The molecule has 2 unspecified atom stereocenters. The van der Waals surface area contributed by atoms with Crippen LogP contribution < -0.4 is 5.73 Å². The molecule has 1 aliphatic carbocycles. The maximum absolute atomic E-state index is 12.6. The van der Waals surface area contributed by atoms with Crippen molar-refractivity contribution < 1.29 is 4.79 Å². The van der Waals surface area contributed by atoms with Crippen LogP contribution in [0.2, 0.25) is 0 Å². The molecule has 0 bridgehead atoms. The van der Waals surface area contributed by atoms with Crippen molar-refractivity contribution in [3.05, 3.63) is 35.4 Å². The van der Waals surface area contributed by atoms with E-state index in [4.69, 9.17) is 5.73 Å². The van der Waals surface area contributed by atoms with Gasteiger partial charge in [0, 0.05) is 19.6 Å². The normalized spacial score (nSPS) is 26.4. The van der Waals surface area contributed by atoms with Crippen molar-refractivity contribution >= 4 is 5.91 Å². The predicted molar refractivity (Wildman–Crippen MR) is 77.6 cm³/mol. The van der Waals surface area contributed by atoms with Crippen molar-refractivity contribution in [2.45, 2.75) is 45.7 Å². The Bertz CT molecular complexity index is 454. The number of nitrogens with zero attached hydrogens (tertiary/aromatic N) is 1. The van der Waals surface area contributed by atoms with Crippen LogP contribution in [-0.2, 0) is 11.3 Å². The number of carbonyl (C=O) groups is 1. The van der Waals surface area contributed by atoms with Gasteiger partial charge in [0.2, 0.25) is 5.91 Å². The fraction of sp³-hybridized carbons (Fsp3) is 0.562. The van der Waals surface area contributed by atoms with Gasteiger partial charge in [-0.2, -0.15) is 0 Å². The molecule has 1 amide bonds. The van der Waals surface area contributed by atoms with E-state index in [1.165, 1.54) is 5.56 Å². The average Bonchev–Trinajstić information content (AvgIpc) is 2.72. The molecule has 2 N–H and O–H groups in total. The zero-order chi connectivity index (χ0) is 14.0. The Kier molecular flexibility index (Phi) is 3.95. The van der Waals surface area contributed by atoms with E-state index in [0.29, 0.717) is 6.54 Å². The molecule has 1 saturated carbocycles. The fourth-order valence-corrected chi connectivity index (χ4v) is 2.93. The molecular formula is C16H24N2O. The van der Waals surface area contributed by atoms with Gasteiger partial charge >= 0.3 is 0 Å². The topological polar surface area (TPSA) is 46.3 Å². The molecule has 19 heavy (non-hydrogen) atoms. The molecule has 3 heteroatoms. The number of nitrogens with two attached hydrogens (primary N) is 1. The van der Waals surface area contributed by atoms with E-state index >= 15 is 0 Å². The monoisotopic (exact) mass is 260 g/mol. The van der Waals surface area contributed by atoms with Crippen LogP contribution in [0.25, 0.3) is 0 Å². The van der Waals surface area contributed by atoms with Gasteiger partial charge in [0.1, 0.15) is 0 Å². The van der Waals surface area contributed by atoms with Crippen molar-refractivity contribution in [1.29, 1.82) is 0 Å². The van der Waals surface area contributed by atoms with Crippen LogP contribution in [0.5, 0.6) is 0 Å². The second kappa shape index (κ2) is 5.33. The van der Waals surface area contributed by atoms with Gasteiger partial charge in [-0.3, -0.25) is 4.79 Å². The van der Waals surface area contributed by atoms with E-state index in [0.717, 1.165) is 24.8 Å². The Balaban J connectivity index is 2.05. The average molecular weight is 260 g/mol. The highest BCUT2D eigenvalue weighted by atomic mass is 16.2. The molecule has 0 heterocycles. The highest BCUT2D eigenvalue weighted by Gasteiger charge is 2.44. The zero-order valence-electron chi connectivity index (χ0n) is 12.1. The Morgan fingerprint density at radius 3 is 2.58 bits per heavy atom. The smallest absolute Gasteiger partial charge is 0.230 e. The molecule has 3 nitrogen and oxygen atoms in total. The van der Waals surface area contributed by atoms with Gasteiger partial charge in [0.25, 0.3) is 0 Å². The summed E-state index contributed by atoms with van der Waals surface area (Å²) < 4.78 is 0. The van der Waals surface area contributed by atoms with Crippen LogP contribution in [0.1, 0.15) is 37.3 Å². The van der Waals surface area contributed by atoms with Crippen LogP contribution >= 0.6 is 0 Å². The molecule has 0 spiro atoms. The summed E-state index contributed by atoms with van der Waals surface area (Å²) in [7, 11) is 1.87. The van der Waals surface area contributed by atoms with E-state index in [2.05, 4.69) is 31.2 Å². The van der Waals surface area contributed by atoms with E-state index in [9.17, 15) is 4.79 Å². The molecular weight excluding hydrogens is 236 g/mol. The van der Waals surface area contributed by atoms with Gasteiger partial charge in [-0.15, -0.1) is 0 Å². The zero-order valence-corrected chi connectivity index (χ0v) is 12.1. The minimum Gasteiger partial charge on any atom is -0.341 e. The van der Waals surface area contributed by atoms with Crippen molar-refractivity contribution in [2.75, 3.05) is 7.05 Å². The third kappa shape index (κ3) is 2.81. The standard InChI is InChI=1S/C16H24N2O/c1-12-6-8-13(9-7-12)11-18(3)15(19)16(2)10-4-5-14(16)17/h6-9,14H,4-5,10-11,17H2,1-3H3. The van der Waals surface area contributed by atoms with Crippen LogP contribution in [0.3, 0.4) is 0 Å². The molecule has 0 radical (unpaired) electrons. The highest BCUT2D eigenvalue weighted by Crippen LogP contribution is 2.38. The Morgan fingerprint density at radius 2 is 2.05 bits per heavy atom. The first kappa shape index (κ1) is 14.1. The van der Waals surface area contributed by atoms with Crippen LogP contribution in [0.15, 0.2) is 24.3 Å². The van der Waals surface area contributed by atoms with Gasteiger partial charge < -0.3 is 10.6 Å². The summed E-state index contributed by atoms with van der Waals surface area (Å²) in [6.45, 7) is 4.73. The largest absolute Gasteiger partial charge is 0.341 e. The molecule has 2 rings (SSSR count). The van der Waals surface area contributed by atoms with Crippen molar-refractivity contribution in [3.63, 3.8) is 0 Å². The number of rotatable bonds is 3. The summed E-state index contributed by atoms with van der Waals surface area (Å²) in [5.41, 5.74) is 8.14. The van der Waals surface area contributed by atoms with Crippen molar-refractivity contribution in [2.24, 2.45) is 11.1 Å². The van der Waals surface area contributed by atoms with E-state index in [-0.39, 0.29) is 17.4 Å². The lowest BCUT2D eigenvalue weighted by atomic mass is 9.83. The third-order valence-electron chi connectivity index (χ3n) is 4.41. The molecule has 1 aliphatic rings. The number of hydrogen-bond acceptors (Lipinski definition) is 2. The first-order chi connectivity index (χ1) is 8.93. The van der Waals surface area contributed by atoms with Gasteiger partial charge in [0.05, 0.1) is 5.41 Å². The number of carbonyl (C=O) groups excluding carboxylic acids is 1. The van der Waals surface area contributed by atoms with Crippen LogP contribution in [-0.4, -0.2) is 23.9 Å². The summed E-state index contributed by atoms with van der Waals surface area (Å²) in [6.07, 6.45) is 2.92. The number of amides is 1. The molecule has 2 atom stereocenters. The second-order valence-corrected chi connectivity index (χ2v) is 6.06. The summed E-state index contributed by atoms with van der Waals surface area (Å²) in [5.74, 6) is 0.179. The molecule has 0 saturated heterocycles. The van der Waals surface area contributed by atoms with Crippen molar-refractivity contribution in [1.82, 2.24) is 4.90 Å². The molecule has 0 aromatic heterocycles. The minimum absolute atomic E-state index is 0.000433. The molecule has 1 aromatic rings. The molecule has 1 aromatic carbocycles. The first-order valence-corrected chi connectivity index (χ1v) is 7.00. The Hall–Kier alpha value is -1.35. The quantitative estimate of drug-likeness (QED) is 0.907. The van der Waals surface area contributed by atoms with Gasteiger partial charge in [-0.25, -0.2) is 0 Å².